The highest BCUT2D eigenvalue weighted by atomic mass is 19.3. The number of anilines is 1. The highest BCUT2D eigenvalue weighted by molar-refractivity contribution is 6.07. The number of guanidine groups is 1. The third-order valence-electron chi connectivity index (χ3n) is 5.38. The number of alkyl halides is 2. The van der Waals surface area contributed by atoms with Gasteiger partial charge in [-0.15, -0.1) is 0 Å². The van der Waals surface area contributed by atoms with Gasteiger partial charge < -0.3 is 10.8 Å². The zero-order valence-corrected chi connectivity index (χ0v) is 17.6. The highest BCUT2D eigenvalue weighted by Gasteiger charge is 2.41. The summed E-state index contributed by atoms with van der Waals surface area (Å²) in [6.45, 7) is 1.29. The summed E-state index contributed by atoms with van der Waals surface area (Å²) < 4.78 is 26.5. The van der Waals surface area contributed by atoms with E-state index in [-0.39, 0.29) is 35.5 Å². The molecule has 3 rings (SSSR count). The average molecular weight is 450 g/mol. The lowest BCUT2D eigenvalue weighted by molar-refractivity contribution is 0.151. The number of amides is 2. The van der Waals surface area contributed by atoms with Crippen LogP contribution in [0.25, 0.3) is 0 Å². The fourth-order valence-corrected chi connectivity index (χ4v) is 3.90. The largest absolute Gasteiger partial charge is 0.396 e. The molecule has 1 aliphatic rings. The molecule has 0 aliphatic carbocycles. The molecule has 0 aromatic heterocycles. The zero-order valence-electron chi connectivity index (χ0n) is 17.6. The van der Waals surface area contributed by atoms with Gasteiger partial charge in [0, 0.05) is 23.6 Å². The van der Waals surface area contributed by atoms with Crippen molar-refractivity contribution in [1.29, 1.82) is 15.9 Å². The molecule has 1 atom stereocenters. The smallest absolute Gasteiger partial charge is 0.322 e. The number of rotatable bonds is 5. The standard InChI is InChI=1S/C23H20F2N6O2/c1-13-19(12-27)20(18-6-5-14(11-26)9-15(18)7-8-32)31(23(29)33)22(28)30(13)17-4-2-3-16(10-17)21(24)25/h2-6,9-10,20-21,28,32H,7-8H2,1H3,(H2,29,33)/t20-/m0/s1. The van der Waals surface area contributed by atoms with Crippen LogP contribution in [0.4, 0.5) is 19.3 Å². The number of carbonyl (C=O) groups is 1. The summed E-state index contributed by atoms with van der Waals surface area (Å²) in [6.07, 6.45) is -2.61. The molecule has 2 aromatic carbocycles. The molecular formula is C23H20F2N6O2. The highest BCUT2D eigenvalue weighted by Crippen LogP contribution is 2.40. The van der Waals surface area contributed by atoms with Gasteiger partial charge >= 0.3 is 6.03 Å². The van der Waals surface area contributed by atoms with Crippen LogP contribution >= 0.6 is 0 Å². The van der Waals surface area contributed by atoms with Gasteiger partial charge in [-0.25, -0.2) is 13.6 Å². The summed E-state index contributed by atoms with van der Waals surface area (Å²) in [6, 6.07) is 11.8. The molecule has 4 N–H and O–H groups in total. The van der Waals surface area contributed by atoms with Crippen molar-refractivity contribution < 1.29 is 18.7 Å². The maximum absolute atomic E-state index is 13.3. The Morgan fingerprint density at radius 1 is 1.24 bits per heavy atom. The fraction of sp³-hybridized carbons (Fsp3) is 0.217. The third-order valence-corrected chi connectivity index (χ3v) is 5.38. The number of aliphatic hydroxyl groups is 1. The number of primary amides is 1. The molecule has 0 bridgehead atoms. The molecule has 33 heavy (non-hydrogen) atoms. The molecule has 1 aliphatic heterocycles. The molecule has 10 heteroatoms. The first-order chi connectivity index (χ1) is 15.7. The number of nitrogens with two attached hydrogens (primary N) is 1. The number of nitriles is 2. The number of aliphatic hydroxyl groups excluding tert-OH is 1. The summed E-state index contributed by atoms with van der Waals surface area (Å²) in [5.74, 6) is -0.422. The lowest BCUT2D eigenvalue weighted by Crippen LogP contribution is -2.54. The van der Waals surface area contributed by atoms with Crippen LogP contribution in [0.3, 0.4) is 0 Å². The summed E-state index contributed by atoms with van der Waals surface area (Å²) in [7, 11) is 0. The first kappa shape index (κ1) is 23.4. The summed E-state index contributed by atoms with van der Waals surface area (Å²) >= 11 is 0. The van der Waals surface area contributed by atoms with Crippen molar-refractivity contribution >= 4 is 17.7 Å². The van der Waals surface area contributed by atoms with E-state index >= 15 is 0 Å². The van der Waals surface area contributed by atoms with Gasteiger partial charge in [-0.3, -0.25) is 15.2 Å². The van der Waals surface area contributed by atoms with Crippen LogP contribution in [-0.4, -0.2) is 28.6 Å². The number of carbonyl (C=O) groups excluding carboxylic acids is 1. The van der Waals surface area contributed by atoms with Crippen molar-refractivity contribution in [3.8, 4) is 12.1 Å². The maximum atomic E-state index is 13.3. The van der Waals surface area contributed by atoms with Gasteiger partial charge in [0.2, 0.25) is 5.96 Å². The molecular weight excluding hydrogens is 430 g/mol. The van der Waals surface area contributed by atoms with Crippen molar-refractivity contribution in [2.75, 3.05) is 11.5 Å². The van der Waals surface area contributed by atoms with E-state index in [1.54, 1.807) is 13.0 Å². The third kappa shape index (κ3) is 4.25. The number of benzene rings is 2. The van der Waals surface area contributed by atoms with E-state index in [1.165, 1.54) is 41.3 Å². The molecule has 0 saturated heterocycles. The second-order valence-corrected chi connectivity index (χ2v) is 7.28. The number of halogens is 2. The monoisotopic (exact) mass is 450 g/mol. The molecule has 0 fully saturated rings. The quantitative estimate of drug-likeness (QED) is 0.637. The van der Waals surface area contributed by atoms with Crippen molar-refractivity contribution in [3.63, 3.8) is 0 Å². The number of allylic oxidation sites excluding steroid dienone is 1. The fourth-order valence-electron chi connectivity index (χ4n) is 3.90. The van der Waals surface area contributed by atoms with E-state index in [9.17, 15) is 29.2 Å². The minimum Gasteiger partial charge on any atom is -0.396 e. The van der Waals surface area contributed by atoms with Gasteiger partial charge in [0.1, 0.15) is 6.04 Å². The zero-order chi connectivity index (χ0) is 24.3. The maximum Gasteiger partial charge on any atom is 0.322 e. The minimum atomic E-state index is -2.75. The SMILES string of the molecule is CC1=C(C#N)[C@H](c2ccc(C#N)cc2CCO)N(C(N)=O)C(=N)N1c1cccc(C(F)F)c1. The molecule has 0 radical (unpaired) electrons. The van der Waals surface area contributed by atoms with Crippen LogP contribution in [0.15, 0.2) is 53.7 Å². The first-order valence-corrected chi connectivity index (χ1v) is 9.85. The van der Waals surface area contributed by atoms with Gasteiger partial charge in [-0.2, -0.15) is 10.5 Å². The Morgan fingerprint density at radius 2 is 1.97 bits per heavy atom. The predicted molar refractivity (Wildman–Crippen MR) is 116 cm³/mol. The number of urea groups is 1. The Bertz CT molecular complexity index is 1230. The Hall–Kier alpha value is -4.28. The van der Waals surface area contributed by atoms with Crippen molar-refractivity contribution in [3.05, 3.63) is 76.0 Å². The lowest BCUT2D eigenvalue weighted by atomic mass is 9.88. The van der Waals surface area contributed by atoms with E-state index < -0.39 is 24.5 Å². The van der Waals surface area contributed by atoms with Gasteiger partial charge in [0.05, 0.1) is 23.3 Å². The minimum absolute atomic E-state index is 0.0659. The van der Waals surface area contributed by atoms with Gasteiger partial charge in [-0.05, 0) is 48.7 Å². The number of nitrogens with zero attached hydrogens (tertiary/aromatic N) is 4. The molecule has 0 unspecified atom stereocenters. The Kier molecular flexibility index (Phi) is 6.71. The van der Waals surface area contributed by atoms with Crippen molar-refractivity contribution in [2.24, 2.45) is 5.73 Å². The van der Waals surface area contributed by atoms with Crippen LogP contribution in [0.5, 0.6) is 0 Å². The first-order valence-electron chi connectivity index (χ1n) is 9.85. The normalized spacial score (nSPS) is 16.1. The summed E-state index contributed by atoms with van der Waals surface area (Å²) in [5.41, 5.74) is 7.08. The van der Waals surface area contributed by atoms with E-state index in [1.807, 2.05) is 6.07 Å². The summed E-state index contributed by atoms with van der Waals surface area (Å²) in [5, 5.41) is 37.4. The van der Waals surface area contributed by atoms with Crippen molar-refractivity contribution in [1.82, 2.24) is 4.90 Å². The molecule has 1 heterocycles. The molecule has 2 aromatic rings. The molecule has 2 amide bonds. The van der Waals surface area contributed by atoms with E-state index in [2.05, 4.69) is 6.07 Å². The van der Waals surface area contributed by atoms with Crippen LogP contribution in [0.2, 0.25) is 0 Å². The Labute approximate surface area is 188 Å². The van der Waals surface area contributed by atoms with Gasteiger partial charge in [-0.1, -0.05) is 18.2 Å². The van der Waals surface area contributed by atoms with Crippen LogP contribution in [0, 0.1) is 28.1 Å². The van der Waals surface area contributed by atoms with Gasteiger partial charge in [0.25, 0.3) is 6.43 Å². The molecule has 8 nitrogen and oxygen atoms in total. The molecule has 0 spiro atoms. The van der Waals surface area contributed by atoms with E-state index in [0.29, 0.717) is 16.7 Å². The lowest BCUT2D eigenvalue weighted by Gasteiger charge is -2.42. The van der Waals surface area contributed by atoms with E-state index in [0.717, 1.165) is 4.90 Å². The van der Waals surface area contributed by atoms with Crippen LogP contribution in [0.1, 0.15) is 41.6 Å². The topological polar surface area (TPSA) is 141 Å². The second-order valence-electron chi connectivity index (χ2n) is 7.28. The van der Waals surface area contributed by atoms with Crippen LogP contribution in [-0.2, 0) is 6.42 Å². The van der Waals surface area contributed by atoms with Crippen LogP contribution < -0.4 is 10.6 Å². The number of hydrogen-bond acceptors (Lipinski definition) is 5. The Balaban J connectivity index is 2.27. The summed E-state index contributed by atoms with van der Waals surface area (Å²) in [4.78, 5) is 14.6. The van der Waals surface area contributed by atoms with Gasteiger partial charge in [0.15, 0.2) is 0 Å². The predicted octanol–water partition coefficient (Wildman–Crippen LogP) is 3.71. The van der Waals surface area contributed by atoms with E-state index in [4.69, 9.17) is 11.1 Å². The number of nitrogens with one attached hydrogen (secondary N) is 1. The molecule has 168 valence electrons. The Morgan fingerprint density at radius 3 is 2.55 bits per heavy atom. The van der Waals surface area contributed by atoms with Crippen molar-refractivity contribution in [2.45, 2.75) is 25.8 Å². The molecule has 0 saturated carbocycles. The number of hydrogen-bond donors (Lipinski definition) is 3. The average Bonchev–Trinajstić information content (AvgIpc) is 2.79. The second kappa shape index (κ2) is 9.47.